The Bertz CT molecular complexity index is 1470. The molecule has 5 rings (SSSR count). The Kier molecular flexibility index (Phi) is 6.29. The maximum absolute atomic E-state index is 12.5. The summed E-state index contributed by atoms with van der Waals surface area (Å²) in [5, 5.41) is 16.0. The van der Waals surface area contributed by atoms with Crippen molar-refractivity contribution in [1.82, 2.24) is 24.8 Å². The van der Waals surface area contributed by atoms with Crippen LogP contribution in [0.4, 0.5) is 5.69 Å². The molecular weight excluding hydrogens is 444 g/mol. The predicted molar refractivity (Wildman–Crippen MR) is 131 cm³/mol. The van der Waals surface area contributed by atoms with Crippen molar-refractivity contribution in [3.63, 3.8) is 0 Å². The number of hydrogen-bond acceptors (Lipinski definition) is 7. The van der Waals surface area contributed by atoms with Crippen LogP contribution in [-0.4, -0.2) is 43.9 Å². The van der Waals surface area contributed by atoms with Crippen LogP contribution < -0.4 is 14.8 Å². The third kappa shape index (κ3) is 4.93. The Morgan fingerprint density at radius 1 is 0.914 bits per heavy atom. The molecule has 3 aromatic heterocycles. The predicted octanol–water partition coefficient (Wildman–Crippen LogP) is 4.27. The maximum Gasteiger partial charge on any atom is 0.262 e. The third-order valence-electron chi connectivity index (χ3n) is 5.13. The van der Waals surface area contributed by atoms with Crippen LogP contribution in [0.3, 0.4) is 0 Å². The van der Waals surface area contributed by atoms with E-state index in [1.54, 1.807) is 29.0 Å². The minimum atomic E-state index is -0.283. The van der Waals surface area contributed by atoms with Crippen molar-refractivity contribution in [3.8, 4) is 34.1 Å². The summed E-state index contributed by atoms with van der Waals surface area (Å²) in [6.45, 7) is 2.26. The molecule has 0 aliphatic rings. The quantitative estimate of drug-likeness (QED) is 0.364. The number of nitrogens with zero attached hydrogens (tertiary/aromatic N) is 5. The van der Waals surface area contributed by atoms with E-state index in [1.807, 2.05) is 67.6 Å². The van der Waals surface area contributed by atoms with Crippen LogP contribution in [0.25, 0.3) is 28.3 Å². The first-order valence-corrected chi connectivity index (χ1v) is 11.1. The van der Waals surface area contributed by atoms with Gasteiger partial charge in [-0.05, 0) is 55.5 Å². The largest absolute Gasteiger partial charge is 0.490 e. The Morgan fingerprint density at radius 2 is 1.74 bits per heavy atom. The number of carbonyl (C=O) groups excluding carboxylic acids is 1. The number of benzene rings is 2. The van der Waals surface area contributed by atoms with E-state index < -0.39 is 0 Å². The van der Waals surface area contributed by atoms with Crippen molar-refractivity contribution < 1.29 is 14.3 Å². The lowest BCUT2D eigenvalue weighted by Crippen LogP contribution is -2.20. The number of anilines is 1. The summed E-state index contributed by atoms with van der Waals surface area (Å²) in [7, 11) is 0. The first-order chi connectivity index (χ1) is 17.2. The molecule has 174 valence electrons. The van der Waals surface area contributed by atoms with E-state index in [0.717, 1.165) is 11.1 Å². The zero-order valence-electron chi connectivity index (χ0n) is 19.0. The molecule has 0 saturated carbocycles. The van der Waals surface area contributed by atoms with Gasteiger partial charge in [-0.1, -0.05) is 24.3 Å². The van der Waals surface area contributed by atoms with Crippen molar-refractivity contribution >= 4 is 17.2 Å². The minimum Gasteiger partial charge on any atom is -0.490 e. The maximum atomic E-state index is 12.5. The Labute approximate surface area is 201 Å². The van der Waals surface area contributed by atoms with E-state index in [9.17, 15) is 4.79 Å². The molecular formula is C26H22N6O3. The molecule has 0 unspecified atom stereocenters. The van der Waals surface area contributed by atoms with Gasteiger partial charge in [0.05, 0.1) is 12.3 Å². The van der Waals surface area contributed by atoms with Gasteiger partial charge in [0.2, 0.25) is 0 Å². The molecule has 0 spiro atoms. The molecule has 0 atom stereocenters. The number of amides is 1. The lowest BCUT2D eigenvalue weighted by atomic mass is 10.1. The number of para-hydroxylation sites is 2. The van der Waals surface area contributed by atoms with Gasteiger partial charge in [-0.15, -0.1) is 10.2 Å². The normalized spacial score (nSPS) is 10.8. The minimum absolute atomic E-state index is 0.145. The Balaban J connectivity index is 1.32. The smallest absolute Gasteiger partial charge is 0.262 e. The third-order valence-corrected chi connectivity index (χ3v) is 5.13. The molecule has 1 amide bonds. The first-order valence-electron chi connectivity index (χ1n) is 11.1. The van der Waals surface area contributed by atoms with Crippen molar-refractivity contribution in [2.75, 3.05) is 18.5 Å². The average molecular weight is 467 g/mol. The lowest BCUT2D eigenvalue weighted by Gasteiger charge is -2.12. The molecule has 0 radical (unpaired) electrons. The van der Waals surface area contributed by atoms with Gasteiger partial charge in [0, 0.05) is 29.2 Å². The van der Waals surface area contributed by atoms with Crippen molar-refractivity contribution in [2.45, 2.75) is 6.92 Å². The molecule has 3 heterocycles. The second kappa shape index (κ2) is 10.0. The first kappa shape index (κ1) is 22.0. The van der Waals surface area contributed by atoms with Gasteiger partial charge >= 0.3 is 0 Å². The van der Waals surface area contributed by atoms with E-state index >= 15 is 0 Å². The number of rotatable bonds is 8. The average Bonchev–Trinajstić information content (AvgIpc) is 3.32. The van der Waals surface area contributed by atoms with Gasteiger partial charge in [-0.2, -0.15) is 9.61 Å². The van der Waals surface area contributed by atoms with Crippen molar-refractivity contribution in [1.29, 1.82) is 0 Å². The Hall–Kier alpha value is -4.79. The highest BCUT2D eigenvalue weighted by molar-refractivity contribution is 5.92. The van der Waals surface area contributed by atoms with Crippen LogP contribution in [-0.2, 0) is 4.79 Å². The molecule has 9 heteroatoms. The van der Waals surface area contributed by atoms with Gasteiger partial charge in [0.25, 0.3) is 5.91 Å². The summed E-state index contributed by atoms with van der Waals surface area (Å²) in [6.07, 6.45) is 3.42. The highest BCUT2D eigenvalue weighted by Crippen LogP contribution is 2.27. The van der Waals surface area contributed by atoms with E-state index in [4.69, 9.17) is 14.6 Å². The fraction of sp³-hybridized carbons (Fsp3) is 0.115. The molecule has 2 aromatic carbocycles. The molecule has 5 aromatic rings. The standard InChI is InChI=1S/C26H22N6O3/c1-2-34-22-10-3-4-11-23(22)35-17-25(33)28-20-9-5-7-18(15-20)21-12-13-24-29-30-26(32(24)31-21)19-8-6-14-27-16-19/h3-16H,2,17H2,1H3,(H,28,33). The number of ether oxygens (including phenoxy) is 2. The lowest BCUT2D eigenvalue weighted by molar-refractivity contribution is -0.118. The topological polar surface area (TPSA) is 104 Å². The summed E-state index contributed by atoms with van der Waals surface area (Å²) in [5.74, 6) is 1.44. The molecule has 9 nitrogen and oxygen atoms in total. The van der Waals surface area contributed by atoms with Gasteiger partial charge in [-0.25, -0.2) is 0 Å². The highest BCUT2D eigenvalue weighted by Gasteiger charge is 2.12. The van der Waals surface area contributed by atoms with E-state index in [0.29, 0.717) is 41.0 Å². The number of fused-ring (bicyclic) bond motifs is 1. The van der Waals surface area contributed by atoms with E-state index in [-0.39, 0.29) is 12.5 Å². The monoisotopic (exact) mass is 466 g/mol. The van der Waals surface area contributed by atoms with Gasteiger partial charge < -0.3 is 14.8 Å². The van der Waals surface area contributed by atoms with E-state index in [2.05, 4.69) is 20.5 Å². The molecule has 0 fully saturated rings. The molecule has 35 heavy (non-hydrogen) atoms. The van der Waals surface area contributed by atoms with Gasteiger partial charge in [0.1, 0.15) is 0 Å². The van der Waals surface area contributed by atoms with E-state index in [1.165, 1.54) is 0 Å². The molecule has 1 N–H and O–H groups in total. The zero-order valence-corrected chi connectivity index (χ0v) is 19.0. The summed E-state index contributed by atoms with van der Waals surface area (Å²) in [6, 6.07) is 22.2. The van der Waals surface area contributed by atoms with Crippen LogP contribution in [0.1, 0.15) is 6.92 Å². The molecule has 0 bridgehead atoms. The summed E-state index contributed by atoms with van der Waals surface area (Å²) < 4.78 is 12.9. The van der Waals surface area contributed by atoms with Crippen LogP contribution in [0.15, 0.2) is 85.2 Å². The summed E-state index contributed by atoms with van der Waals surface area (Å²) in [5.41, 5.74) is 3.61. The summed E-state index contributed by atoms with van der Waals surface area (Å²) >= 11 is 0. The van der Waals surface area contributed by atoms with Crippen LogP contribution >= 0.6 is 0 Å². The van der Waals surface area contributed by atoms with Crippen molar-refractivity contribution in [3.05, 3.63) is 85.2 Å². The van der Waals surface area contributed by atoms with Crippen molar-refractivity contribution in [2.24, 2.45) is 0 Å². The number of carbonyl (C=O) groups is 1. The number of hydrogen-bond donors (Lipinski definition) is 1. The fourth-order valence-electron chi connectivity index (χ4n) is 3.56. The molecule has 0 saturated heterocycles. The zero-order chi connectivity index (χ0) is 24.0. The van der Waals surface area contributed by atoms with Gasteiger partial charge in [-0.3, -0.25) is 9.78 Å². The number of aromatic nitrogens is 5. The molecule has 0 aliphatic heterocycles. The number of pyridine rings is 1. The van der Waals surface area contributed by atoms with Crippen LogP contribution in [0, 0.1) is 0 Å². The second-order valence-corrected chi connectivity index (χ2v) is 7.55. The SMILES string of the molecule is CCOc1ccccc1OCC(=O)Nc1cccc(-c2ccc3nnc(-c4cccnc4)n3n2)c1. The van der Waals surface area contributed by atoms with Gasteiger partial charge in [0.15, 0.2) is 29.6 Å². The van der Waals surface area contributed by atoms with Crippen LogP contribution in [0.2, 0.25) is 0 Å². The second-order valence-electron chi connectivity index (χ2n) is 7.55. The molecule has 0 aliphatic carbocycles. The van der Waals surface area contributed by atoms with Crippen LogP contribution in [0.5, 0.6) is 11.5 Å². The highest BCUT2D eigenvalue weighted by atomic mass is 16.5. The number of nitrogens with one attached hydrogen (secondary N) is 1. The Morgan fingerprint density at radius 3 is 2.54 bits per heavy atom. The fourth-order valence-corrected chi connectivity index (χ4v) is 3.56. The summed E-state index contributed by atoms with van der Waals surface area (Å²) in [4.78, 5) is 16.7.